The minimum absolute atomic E-state index is 0.113. The third-order valence-electron chi connectivity index (χ3n) is 5.49. The van der Waals surface area contributed by atoms with Crippen molar-refractivity contribution in [1.29, 1.82) is 0 Å². The molecule has 1 fully saturated rings. The molecule has 8 heteroatoms. The number of amides is 1. The highest BCUT2D eigenvalue weighted by Crippen LogP contribution is 2.26. The van der Waals surface area contributed by atoms with Crippen LogP contribution in [0.2, 0.25) is 0 Å². The Labute approximate surface area is 187 Å². The summed E-state index contributed by atoms with van der Waals surface area (Å²) in [6, 6.07) is 15.8. The molecule has 1 saturated heterocycles. The van der Waals surface area contributed by atoms with Crippen molar-refractivity contribution >= 4 is 17.7 Å². The van der Waals surface area contributed by atoms with E-state index < -0.39 is 0 Å². The molecule has 0 unspecified atom stereocenters. The molecule has 7 nitrogen and oxygen atoms in total. The van der Waals surface area contributed by atoms with Crippen LogP contribution in [0.25, 0.3) is 5.69 Å². The van der Waals surface area contributed by atoms with E-state index >= 15 is 0 Å². The molecule has 0 saturated carbocycles. The van der Waals surface area contributed by atoms with Crippen molar-refractivity contribution in [1.82, 2.24) is 24.6 Å². The highest BCUT2D eigenvalue weighted by atomic mass is 32.2. The number of carbonyl (C=O) groups excluding carboxylic acids is 1. The fourth-order valence-electron chi connectivity index (χ4n) is 3.55. The van der Waals surface area contributed by atoms with Crippen molar-refractivity contribution in [3.8, 4) is 11.4 Å². The highest BCUT2D eigenvalue weighted by Gasteiger charge is 2.20. The normalized spacial score (nSPS) is 14.6. The van der Waals surface area contributed by atoms with E-state index in [4.69, 9.17) is 4.74 Å². The Morgan fingerprint density at radius 3 is 2.32 bits per heavy atom. The first-order chi connectivity index (χ1) is 15.0. The standard InChI is InChI=1S/C23H27N5O2S/c1-17-24-25-23(28(17)20-8-10-21(30-3)11-9-20)31-16-18-4-6-19(7-5-18)22(29)27-14-12-26(2)13-15-27/h4-11H,12-16H2,1-3H3. The highest BCUT2D eigenvalue weighted by molar-refractivity contribution is 7.98. The van der Waals surface area contributed by atoms with E-state index in [1.807, 2.05) is 64.9 Å². The van der Waals surface area contributed by atoms with Crippen LogP contribution >= 0.6 is 11.8 Å². The SMILES string of the molecule is COc1ccc(-n2c(C)nnc2SCc2ccc(C(=O)N3CCN(C)CC3)cc2)cc1. The van der Waals surface area contributed by atoms with Gasteiger partial charge in [-0.3, -0.25) is 9.36 Å². The Morgan fingerprint density at radius 1 is 1.00 bits per heavy atom. The van der Waals surface area contributed by atoms with Gasteiger partial charge in [-0.25, -0.2) is 0 Å². The largest absolute Gasteiger partial charge is 0.497 e. The van der Waals surface area contributed by atoms with Crippen LogP contribution in [0.5, 0.6) is 5.75 Å². The number of ether oxygens (including phenoxy) is 1. The summed E-state index contributed by atoms with van der Waals surface area (Å²) < 4.78 is 7.28. The molecule has 2 aromatic carbocycles. The number of benzene rings is 2. The number of piperazine rings is 1. The van der Waals surface area contributed by atoms with Crippen molar-refractivity contribution in [3.05, 3.63) is 65.5 Å². The molecule has 0 bridgehead atoms. The van der Waals surface area contributed by atoms with Crippen molar-refractivity contribution < 1.29 is 9.53 Å². The lowest BCUT2D eigenvalue weighted by Gasteiger charge is -2.32. The summed E-state index contributed by atoms with van der Waals surface area (Å²) >= 11 is 1.63. The van der Waals surface area contributed by atoms with Crippen LogP contribution in [0, 0.1) is 6.92 Å². The molecule has 0 radical (unpaired) electrons. The minimum atomic E-state index is 0.113. The Balaban J connectivity index is 1.41. The lowest BCUT2D eigenvalue weighted by atomic mass is 10.1. The number of carbonyl (C=O) groups is 1. The molecule has 31 heavy (non-hydrogen) atoms. The maximum absolute atomic E-state index is 12.7. The van der Waals surface area contributed by atoms with E-state index in [2.05, 4.69) is 22.1 Å². The molecular weight excluding hydrogens is 410 g/mol. The first kappa shape index (κ1) is 21.4. The van der Waals surface area contributed by atoms with E-state index in [-0.39, 0.29) is 5.91 Å². The van der Waals surface area contributed by atoms with E-state index in [1.54, 1.807) is 18.9 Å². The van der Waals surface area contributed by atoms with Crippen molar-refractivity contribution in [3.63, 3.8) is 0 Å². The molecule has 0 spiro atoms. The number of thioether (sulfide) groups is 1. The third-order valence-corrected chi connectivity index (χ3v) is 6.49. The molecule has 162 valence electrons. The number of rotatable bonds is 6. The third kappa shape index (κ3) is 4.91. The Bertz CT molecular complexity index is 1030. The van der Waals surface area contributed by atoms with Gasteiger partial charge in [0.1, 0.15) is 11.6 Å². The van der Waals surface area contributed by atoms with Crippen molar-refractivity contribution in [2.24, 2.45) is 0 Å². The molecule has 0 atom stereocenters. The van der Waals surface area contributed by atoms with Gasteiger partial charge in [-0.15, -0.1) is 10.2 Å². The molecule has 1 aromatic heterocycles. The summed E-state index contributed by atoms with van der Waals surface area (Å²) in [5.41, 5.74) is 2.89. The molecular formula is C23H27N5O2S. The Kier molecular flexibility index (Phi) is 6.58. The first-order valence-electron chi connectivity index (χ1n) is 10.3. The number of nitrogens with zero attached hydrogens (tertiary/aromatic N) is 5. The van der Waals surface area contributed by atoms with Gasteiger partial charge in [0, 0.05) is 43.2 Å². The zero-order chi connectivity index (χ0) is 21.8. The zero-order valence-corrected chi connectivity index (χ0v) is 18.9. The number of hydrogen-bond donors (Lipinski definition) is 0. The van der Waals surface area contributed by atoms with E-state index in [0.717, 1.165) is 65.5 Å². The maximum Gasteiger partial charge on any atom is 0.253 e. The summed E-state index contributed by atoms with van der Waals surface area (Å²) in [7, 11) is 3.75. The topological polar surface area (TPSA) is 63.5 Å². The average molecular weight is 438 g/mol. The van der Waals surface area contributed by atoms with Crippen LogP contribution in [0.4, 0.5) is 0 Å². The molecule has 1 aliphatic heterocycles. The van der Waals surface area contributed by atoms with E-state index in [9.17, 15) is 4.79 Å². The van der Waals surface area contributed by atoms with Crippen molar-refractivity contribution in [2.45, 2.75) is 17.8 Å². The van der Waals surface area contributed by atoms with Crippen LogP contribution in [-0.4, -0.2) is 70.8 Å². The summed E-state index contributed by atoms with van der Waals surface area (Å²) in [6.45, 7) is 5.37. The molecule has 0 aliphatic carbocycles. The van der Waals surface area contributed by atoms with Gasteiger partial charge in [0.05, 0.1) is 7.11 Å². The van der Waals surface area contributed by atoms with Gasteiger partial charge >= 0.3 is 0 Å². The predicted octanol–water partition coefficient (Wildman–Crippen LogP) is 3.26. The van der Waals surface area contributed by atoms with Gasteiger partial charge < -0.3 is 14.5 Å². The number of likely N-dealkylation sites (N-methyl/N-ethyl adjacent to an activating group) is 1. The second-order valence-corrected chi connectivity index (χ2v) is 8.59. The summed E-state index contributed by atoms with van der Waals surface area (Å²) in [5, 5.41) is 9.43. The minimum Gasteiger partial charge on any atom is -0.497 e. The average Bonchev–Trinajstić information content (AvgIpc) is 3.18. The van der Waals surface area contributed by atoms with Crippen LogP contribution in [0.3, 0.4) is 0 Å². The molecule has 3 aromatic rings. The molecule has 2 heterocycles. The molecule has 1 aliphatic rings. The van der Waals surface area contributed by atoms with Gasteiger partial charge in [-0.2, -0.15) is 0 Å². The van der Waals surface area contributed by atoms with Crippen LogP contribution < -0.4 is 4.74 Å². The van der Waals surface area contributed by atoms with E-state index in [0.29, 0.717) is 0 Å². The van der Waals surface area contributed by atoms with Crippen LogP contribution in [0.15, 0.2) is 53.7 Å². The second-order valence-electron chi connectivity index (χ2n) is 7.64. The van der Waals surface area contributed by atoms with Gasteiger partial charge in [-0.05, 0) is 55.9 Å². The molecule has 4 rings (SSSR count). The fourth-order valence-corrected chi connectivity index (χ4v) is 4.50. The van der Waals surface area contributed by atoms with Crippen LogP contribution in [-0.2, 0) is 5.75 Å². The summed E-state index contributed by atoms with van der Waals surface area (Å²) in [6.07, 6.45) is 0. The molecule has 1 amide bonds. The maximum atomic E-state index is 12.7. The number of hydrogen-bond acceptors (Lipinski definition) is 6. The van der Waals surface area contributed by atoms with Gasteiger partial charge in [0.25, 0.3) is 5.91 Å². The Morgan fingerprint density at radius 2 is 1.68 bits per heavy atom. The van der Waals surface area contributed by atoms with E-state index in [1.165, 1.54) is 0 Å². The van der Waals surface area contributed by atoms with Gasteiger partial charge in [0.2, 0.25) is 0 Å². The van der Waals surface area contributed by atoms with Gasteiger partial charge in [-0.1, -0.05) is 23.9 Å². The summed E-state index contributed by atoms with van der Waals surface area (Å²) in [4.78, 5) is 16.9. The smallest absolute Gasteiger partial charge is 0.253 e. The first-order valence-corrected chi connectivity index (χ1v) is 11.3. The quantitative estimate of drug-likeness (QED) is 0.552. The number of aryl methyl sites for hydroxylation is 1. The zero-order valence-electron chi connectivity index (χ0n) is 18.1. The monoisotopic (exact) mass is 437 g/mol. The number of methoxy groups -OCH3 is 1. The lowest BCUT2D eigenvalue weighted by molar-refractivity contribution is 0.0664. The predicted molar refractivity (Wildman–Crippen MR) is 122 cm³/mol. The summed E-state index contributed by atoms with van der Waals surface area (Å²) in [5.74, 6) is 2.51. The van der Waals surface area contributed by atoms with Crippen LogP contribution in [0.1, 0.15) is 21.7 Å². The van der Waals surface area contributed by atoms with Gasteiger partial charge in [0.15, 0.2) is 5.16 Å². The second kappa shape index (κ2) is 9.53. The molecule has 0 N–H and O–H groups in total. The lowest BCUT2D eigenvalue weighted by Crippen LogP contribution is -2.47. The van der Waals surface area contributed by atoms with Crippen molar-refractivity contribution in [2.75, 3.05) is 40.3 Å². The Hall–Kier alpha value is -2.84. The fraction of sp³-hybridized carbons (Fsp3) is 0.348. The number of aromatic nitrogens is 3.